The minimum atomic E-state index is -0.861. The number of ether oxygens (including phenoxy) is 1. The predicted octanol–water partition coefficient (Wildman–Crippen LogP) is 2.26. The first-order chi connectivity index (χ1) is 7.69. The van der Waals surface area contributed by atoms with E-state index in [4.69, 9.17) is 4.74 Å². The molecule has 0 radical (unpaired) electrons. The normalized spacial score (nSPS) is 14.5. The van der Waals surface area contributed by atoms with Crippen molar-refractivity contribution in [2.24, 2.45) is 0 Å². The first-order valence-corrected chi connectivity index (χ1v) is 6.46. The molecule has 1 rings (SSSR count). The summed E-state index contributed by atoms with van der Waals surface area (Å²) in [6.07, 6.45) is -0.686. The molecule has 0 bridgehead atoms. The third-order valence-corrected chi connectivity index (χ3v) is 2.88. The number of aliphatic hydroxyl groups excluding tert-OH is 2. The molecule has 3 nitrogen and oxygen atoms in total. The van der Waals surface area contributed by atoms with E-state index in [-0.39, 0.29) is 0 Å². The molecule has 0 spiro atoms. The van der Waals surface area contributed by atoms with Crippen molar-refractivity contribution in [3.63, 3.8) is 0 Å². The minimum absolute atomic E-state index is 0.349. The second kappa shape index (κ2) is 6.89. The highest BCUT2D eigenvalue weighted by molar-refractivity contribution is 9.09. The highest BCUT2D eigenvalue weighted by atomic mass is 79.9. The maximum absolute atomic E-state index is 9.74. The van der Waals surface area contributed by atoms with Crippen LogP contribution >= 0.6 is 15.9 Å². The molecular weight excluding hydrogens is 272 g/mol. The topological polar surface area (TPSA) is 49.7 Å². The minimum Gasteiger partial charge on any atom is -0.494 e. The van der Waals surface area contributed by atoms with Crippen molar-refractivity contribution >= 4 is 15.9 Å². The van der Waals surface area contributed by atoms with Crippen LogP contribution in [-0.4, -0.2) is 28.3 Å². The number of hydrogen-bond donors (Lipinski definition) is 2. The molecule has 0 amide bonds. The molecule has 0 aliphatic heterocycles. The third-order valence-electron chi connectivity index (χ3n) is 2.22. The smallest absolute Gasteiger partial charge is 0.119 e. The van der Waals surface area contributed by atoms with Crippen LogP contribution in [0.5, 0.6) is 5.75 Å². The number of benzene rings is 1. The largest absolute Gasteiger partial charge is 0.494 e. The molecule has 0 aromatic heterocycles. The Morgan fingerprint density at radius 3 is 2.38 bits per heavy atom. The van der Waals surface area contributed by atoms with Crippen molar-refractivity contribution in [1.82, 2.24) is 0 Å². The Kier molecular flexibility index (Phi) is 5.80. The van der Waals surface area contributed by atoms with E-state index in [1.807, 2.05) is 6.92 Å². The molecule has 90 valence electrons. The Morgan fingerprint density at radius 2 is 1.88 bits per heavy atom. The van der Waals surface area contributed by atoms with Crippen LogP contribution in [0.25, 0.3) is 0 Å². The van der Waals surface area contributed by atoms with Gasteiger partial charge in [0.05, 0.1) is 12.7 Å². The van der Waals surface area contributed by atoms with Gasteiger partial charge in [-0.15, -0.1) is 0 Å². The van der Waals surface area contributed by atoms with E-state index in [2.05, 4.69) is 15.9 Å². The van der Waals surface area contributed by atoms with E-state index in [9.17, 15) is 10.2 Å². The summed E-state index contributed by atoms with van der Waals surface area (Å²) >= 11 is 3.13. The second-order valence-corrected chi connectivity index (χ2v) is 4.23. The van der Waals surface area contributed by atoms with Gasteiger partial charge in [0.2, 0.25) is 0 Å². The summed E-state index contributed by atoms with van der Waals surface area (Å²) in [7, 11) is 0. The highest BCUT2D eigenvalue weighted by Gasteiger charge is 2.16. The van der Waals surface area contributed by atoms with Crippen LogP contribution in [-0.2, 0) is 0 Å². The zero-order valence-electron chi connectivity index (χ0n) is 9.27. The quantitative estimate of drug-likeness (QED) is 0.790. The lowest BCUT2D eigenvalue weighted by molar-refractivity contribution is 0.0342. The van der Waals surface area contributed by atoms with Crippen LogP contribution in [0.4, 0.5) is 0 Å². The van der Waals surface area contributed by atoms with Crippen LogP contribution in [0, 0.1) is 0 Å². The maximum atomic E-state index is 9.74. The van der Waals surface area contributed by atoms with E-state index in [0.717, 1.165) is 12.2 Å². The molecule has 0 aliphatic carbocycles. The van der Waals surface area contributed by atoms with Crippen LogP contribution in [0.1, 0.15) is 25.0 Å². The van der Waals surface area contributed by atoms with Crippen molar-refractivity contribution in [3.8, 4) is 5.75 Å². The van der Waals surface area contributed by atoms with Gasteiger partial charge in [0.1, 0.15) is 11.9 Å². The first kappa shape index (κ1) is 13.5. The Hall–Kier alpha value is -0.580. The molecule has 0 saturated heterocycles. The molecule has 2 unspecified atom stereocenters. The van der Waals surface area contributed by atoms with E-state index >= 15 is 0 Å². The van der Waals surface area contributed by atoms with Gasteiger partial charge in [0.15, 0.2) is 0 Å². The highest BCUT2D eigenvalue weighted by Crippen LogP contribution is 2.21. The van der Waals surface area contributed by atoms with Crippen molar-refractivity contribution in [2.45, 2.75) is 25.6 Å². The summed E-state index contributed by atoms with van der Waals surface area (Å²) in [6.45, 7) is 2.73. The van der Waals surface area contributed by atoms with Crippen LogP contribution in [0.2, 0.25) is 0 Å². The number of aliphatic hydroxyl groups is 2. The fraction of sp³-hybridized carbons (Fsp3) is 0.500. The summed E-state index contributed by atoms with van der Waals surface area (Å²) in [4.78, 5) is 0. The van der Waals surface area contributed by atoms with Gasteiger partial charge in [-0.2, -0.15) is 0 Å². The van der Waals surface area contributed by atoms with Gasteiger partial charge in [-0.3, -0.25) is 0 Å². The Balaban J connectivity index is 2.63. The Labute approximate surface area is 104 Å². The molecule has 16 heavy (non-hydrogen) atoms. The molecule has 4 heteroatoms. The summed E-state index contributed by atoms with van der Waals surface area (Å²) in [5.74, 6) is 0.783. The van der Waals surface area contributed by atoms with Gasteiger partial charge in [-0.1, -0.05) is 35.0 Å². The summed E-state index contributed by atoms with van der Waals surface area (Å²) in [5, 5.41) is 19.5. The van der Waals surface area contributed by atoms with Crippen molar-refractivity contribution < 1.29 is 14.9 Å². The molecule has 2 N–H and O–H groups in total. The molecule has 0 aliphatic rings. The van der Waals surface area contributed by atoms with E-state index < -0.39 is 12.2 Å². The Morgan fingerprint density at radius 1 is 1.25 bits per heavy atom. The monoisotopic (exact) mass is 288 g/mol. The maximum Gasteiger partial charge on any atom is 0.119 e. The lowest BCUT2D eigenvalue weighted by Gasteiger charge is -2.16. The standard InChI is InChI=1S/C12H17BrO3/c1-2-7-16-10-5-3-9(4-6-10)12(15)11(14)8-13/h3-6,11-12,14-15H,2,7-8H2,1H3. The molecule has 0 saturated carbocycles. The fourth-order valence-electron chi connectivity index (χ4n) is 1.29. The van der Waals surface area contributed by atoms with E-state index in [0.29, 0.717) is 17.5 Å². The van der Waals surface area contributed by atoms with Gasteiger partial charge >= 0.3 is 0 Å². The first-order valence-electron chi connectivity index (χ1n) is 5.34. The van der Waals surface area contributed by atoms with Crippen LogP contribution in [0.15, 0.2) is 24.3 Å². The van der Waals surface area contributed by atoms with Crippen LogP contribution < -0.4 is 4.74 Å². The third kappa shape index (κ3) is 3.77. The summed E-state index contributed by atoms with van der Waals surface area (Å²) in [6, 6.07) is 7.13. The molecule has 2 atom stereocenters. The molecule has 1 aromatic rings. The predicted molar refractivity (Wildman–Crippen MR) is 67.0 cm³/mol. The van der Waals surface area contributed by atoms with Gasteiger partial charge in [0, 0.05) is 5.33 Å². The molecular formula is C12H17BrO3. The molecule has 0 heterocycles. The number of alkyl halides is 1. The SMILES string of the molecule is CCCOc1ccc(C(O)C(O)CBr)cc1. The fourth-order valence-corrected chi connectivity index (χ4v) is 1.64. The number of hydrogen-bond acceptors (Lipinski definition) is 3. The average Bonchev–Trinajstić information content (AvgIpc) is 2.35. The van der Waals surface area contributed by atoms with E-state index in [1.54, 1.807) is 24.3 Å². The summed E-state index contributed by atoms with van der Waals surface area (Å²) in [5.41, 5.74) is 0.691. The van der Waals surface area contributed by atoms with Gasteiger partial charge in [-0.25, -0.2) is 0 Å². The second-order valence-electron chi connectivity index (χ2n) is 3.58. The number of rotatable bonds is 6. The van der Waals surface area contributed by atoms with Crippen molar-refractivity contribution in [2.75, 3.05) is 11.9 Å². The number of halogens is 1. The van der Waals surface area contributed by atoms with Crippen LogP contribution in [0.3, 0.4) is 0 Å². The average molecular weight is 289 g/mol. The zero-order chi connectivity index (χ0) is 12.0. The Bertz CT molecular complexity index is 300. The van der Waals surface area contributed by atoms with Crippen molar-refractivity contribution in [3.05, 3.63) is 29.8 Å². The lowest BCUT2D eigenvalue weighted by atomic mass is 10.1. The molecule has 0 fully saturated rings. The van der Waals surface area contributed by atoms with Gasteiger partial charge in [-0.05, 0) is 24.1 Å². The zero-order valence-corrected chi connectivity index (χ0v) is 10.9. The van der Waals surface area contributed by atoms with Gasteiger partial charge in [0.25, 0.3) is 0 Å². The lowest BCUT2D eigenvalue weighted by Crippen LogP contribution is -2.19. The van der Waals surface area contributed by atoms with Crippen molar-refractivity contribution in [1.29, 1.82) is 0 Å². The van der Waals surface area contributed by atoms with Gasteiger partial charge < -0.3 is 14.9 Å². The summed E-state index contributed by atoms with van der Waals surface area (Å²) < 4.78 is 5.42. The molecule has 1 aromatic carbocycles. The van der Waals surface area contributed by atoms with E-state index in [1.165, 1.54) is 0 Å².